The van der Waals surface area contributed by atoms with Crippen molar-refractivity contribution in [3.05, 3.63) is 0 Å². The van der Waals surface area contributed by atoms with Crippen molar-refractivity contribution in [2.24, 2.45) is 4.99 Å². The molecule has 0 bridgehead atoms. The van der Waals surface area contributed by atoms with E-state index in [9.17, 15) is 9.59 Å². The molecule has 0 aromatic carbocycles. The van der Waals surface area contributed by atoms with E-state index in [2.05, 4.69) is 22.1 Å². The smallest absolute Gasteiger partial charge is 0.251 e. The van der Waals surface area contributed by atoms with Crippen LogP contribution in [0, 0.1) is 0 Å². The first kappa shape index (κ1) is 23.9. The second-order valence-electron chi connectivity index (χ2n) is 7.02. The zero-order valence-corrected chi connectivity index (χ0v) is 19.1. The molecule has 0 saturated carbocycles. The van der Waals surface area contributed by atoms with E-state index in [-0.39, 0.29) is 48.4 Å². The van der Waals surface area contributed by atoms with Crippen LogP contribution >= 0.6 is 24.0 Å². The average Bonchev–Trinajstić information content (AvgIpc) is 3.18. The molecule has 2 rings (SSSR count). The number of likely N-dealkylation sites (N-methyl/N-ethyl adjacent to an activating group) is 1. The maximum Gasteiger partial charge on any atom is 0.251 e. The fraction of sp³-hybridized carbons (Fsp3) is 0.833. The Morgan fingerprint density at radius 2 is 1.85 bits per heavy atom. The normalized spacial score (nSPS) is 20.3. The number of hydrogen-bond donors (Lipinski definition) is 1. The minimum Gasteiger partial charge on any atom is -0.368 e. The zero-order valence-electron chi connectivity index (χ0n) is 16.8. The van der Waals surface area contributed by atoms with Crippen molar-refractivity contribution in [2.75, 3.05) is 60.0 Å². The molecule has 2 fully saturated rings. The van der Waals surface area contributed by atoms with Gasteiger partial charge in [0.2, 0.25) is 5.91 Å². The Labute approximate surface area is 179 Å². The molecular formula is C18H34IN5O3. The van der Waals surface area contributed by atoms with Gasteiger partial charge in [0.15, 0.2) is 5.96 Å². The van der Waals surface area contributed by atoms with E-state index < -0.39 is 0 Å². The minimum atomic E-state index is -0.255. The van der Waals surface area contributed by atoms with Crippen LogP contribution in [0.5, 0.6) is 0 Å². The first-order valence-corrected chi connectivity index (χ1v) is 9.66. The van der Waals surface area contributed by atoms with E-state index in [1.54, 1.807) is 19.0 Å². The lowest BCUT2D eigenvalue weighted by Crippen LogP contribution is -2.55. The third-order valence-corrected chi connectivity index (χ3v) is 4.77. The van der Waals surface area contributed by atoms with Crippen LogP contribution < -0.4 is 5.32 Å². The van der Waals surface area contributed by atoms with Crippen molar-refractivity contribution >= 4 is 41.8 Å². The molecule has 0 aromatic heterocycles. The van der Waals surface area contributed by atoms with Gasteiger partial charge < -0.3 is 24.8 Å². The van der Waals surface area contributed by atoms with Crippen molar-refractivity contribution in [1.29, 1.82) is 0 Å². The van der Waals surface area contributed by atoms with Crippen molar-refractivity contribution < 1.29 is 14.3 Å². The second-order valence-corrected chi connectivity index (χ2v) is 7.02. The molecule has 1 N–H and O–H groups in total. The number of nitrogens with zero attached hydrogens (tertiary/aromatic N) is 4. The number of unbranched alkanes of at least 4 members (excludes halogenated alkanes) is 1. The maximum absolute atomic E-state index is 12.5. The zero-order chi connectivity index (χ0) is 18.9. The molecule has 27 heavy (non-hydrogen) atoms. The summed E-state index contributed by atoms with van der Waals surface area (Å²) in [5.41, 5.74) is 0. The molecule has 0 radical (unpaired) electrons. The van der Waals surface area contributed by atoms with Crippen molar-refractivity contribution in [3.63, 3.8) is 0 Å². The molecule has 9 heteroatoms. The first-order valence-electron chi connectivity index (χ1n) is 9.66. The standard InChI is InChI=1S/C18H33N5O3.HI/c1-4-5-8-19-18(20-14-16(24)21(2)3)23-11-9-22(10-12-23)17(25)15-7-6-13-26-15;/h15H,4-14H2,1-3H3,(H,19,20);1H. The minimum absolute atomic E-state index is 0. The molecule has 8 nitrogen and oxygen atoms in total. The second kappa shape index (κ2) is 12.4. The molecule has 2 heterocycles. The first-order chi connectivity index (χ1) is 12.5. The Morgan fingerprint density at radius 3 is 2.41 bits per heavy atom. The van der Waals surface area contributed by atoms with Crippen LogP contribution in [0.2, 0.25) is 0 Å². The highest BCUT2D eigenvalue weighted by molar-refractivity contribution is 14.0. The summed E-state index contributed by atoms with van der Waals surface area (Å²) in [6, 6.07) is 0. The summed E-state index contributed by atoms with van der Waals surface area (Å²) < 4.78 is 5.51. The Hall–Kier alpha value is -1.10. The largest absolute Gasteiger partial charge is 0.368 e. The van der Waals surface area contributed by atoms with Crippen molar-refractivity contribution in [2.45, 2.75) is 38.7 Å². The summed E-state index contributed by atoms with van der Waals surface area (Å²) in [4.78, 5) is 34.4. The molecule has 1 atom stereocenters. The number of piperazine rings is 1. The van der Waals surface area contributed by atoms with Crippen LogP contribution in [0.25, 0.3) is 0 Å². The number of guanidine groups is 1. The molecule has 1 unspecified atom stereocenters. The van der Waals surface area contributed by atoms with Gasteiger partial charge in [0.05, 0.1) is 0 Å². The molecule has 2 amide bonds. The van der Waals surface area contributed by atoms with E-state index in [0.29, 0.717) is 32.8 Å². The Balaban J connectivity index is 0.00000364. The van der Waals surface area contributed by atoms with Gasteiger partial charge in [-0.2, -0.15) is 0 Å². The van der Waals surface area contributed by atoms with Crippen molar-refractivity contribution in [1.82, 2.24) is 20.0 Å². The average molecular weight is 495 g/mol. The molecule has 0 spiro atoms. The van der Waals surface area contributed by atoms with Gasteiger partial charge in [-0.1, -0.05) is 13.3 Å². The molecule has 156 valence electrons. The van der Waals surface area contributed by atoms with Gasteiger partial charge in [-0.3, -0.25) is 9.59 Å². The topological polar surface area (TPSA) is 77.5 Å². The fourth-order valence-electron chi connectivity index (χ4n) is 3.04. The number of rotatable bonds is 6. The van der Waals surface area contributed by atoms with E-state index in [0.717, 1.165) is 38.2 Å². The SMILES string of the molecule is CCCCNC(=NCC(=O)N(C)C)N1CCN(C(=O)C2CCCO2)CC1.I. The quantitative estimate of drug-likeness (QED) is 0.255. The number of hydrogen-bond acceptors (Lipinski definition) is 4. The Bertz CT molecular complexity index is 501. The lowest BCUT2D eigenvalue weighted by Gasteiger charge is -2.37. The summed E-state index contributed by atoms with van der Waals surface area (Å²) >= 11 is 0. The van der Waals surface area contributed by atoms with Crippen LogP contribution in [0.15, 0.2) is 4.99 Å². The van der Waals surface area contributed by atoms with Crippen LogP contribution in [0.1, 0.15) is 32.6 Å². The Kier molecular flexibility index (Phi) is 11.0. The summed E-state index contributed by atoms with van der Waals surface area (Å²) in [5.74, 6) is 0.854. The van der Waals surface area contributed by atoms with Gasteiger partial charge in [-0.25, -0.2) is 4.99 Å². The highest BCUT2D eigenvalue weighted by Crippen LogP contribution is 2.16. The molecule has 2 aliphatic heterocycles. The lowest BCUT2D eigenvalue weighted by molar-refractivity contribution is -0.142. The summed E-state index contributed by atoms with van der Waals surface area (Å²) in [6.07, 6.45) is 3.69. The van der Waals surface area contributed by atoms with Gasteiger partial charge in [-0.15, -0.1) is 24.0 Å². The monoisotopic (exact) mass is 495 g/mol. The fourth-order valence-corrected chi connectivity index (χ4v) is 3.04. The number of carbonyl (C=O) groups excluding carboxylic acids is 2. The van der Waals surface area contributed by atoms with Crippen LogP contribution in [0.3, 0.4) is 0 Å². The predicted octanol–water partition coefficient (Wildman–Crippen LogP) is 0.762. The molecule has 0 aromatic rings. The third kappa shape index (κ3) is 7.44. The van der Waals surface area contributed by atoms with Gasteiger partial charge in [-0.05, 0) is 19.3 Å². The van der Waals surface area contributed by atoms with Crippen LogP contribution in [0.4, 0.5) is 0 Å². The van der Waals surface area contributed by atoms with Gasteiger partial charge >= 0.3 is 0 Å². The third-order valence-electron chi connectivity index (χ3n) is 4.77. The van der Waals surface area contributed by atoms with Gasteiger partial charge in [0.1, 0.15) is 12.6 Å². The Morgan fingerprint density at radius 1 is 1.19 bits per heavy atom. The van der Waals surface area contributed by atoms with E-state index in [4.69, 9.17) is 4.74 Å². The number of ether oxygens (including phenoxy) is 1. The maximum atomic E-state index is 12.5. The van der Waals surface area contributed by atoms with Crippen LogP contribution in [-0.2, 0) is 14.3 Å². The predicted molar refractivity (Wildman–Crippen MR) is 116 cm³/mol. The summed E-state index contributed by atoms with van der Waals surface area (Å²) in [7, 11) is 3.47. The highest BCUT2D eigenvalue weighted by Gasteiger charge is 2.30. The van der Waals surface area contributed by atoms with Crippen LogP contribution in [-0.4, -0.2) is 98.5 Å². The number of carbonyl (C=O) groups is 2. The van der Waals surface area contributed by atoms with Crippen molar-refractivity contribution in [3.8, 4) is 0 Å². The number of aliphatic imine (C=N–C) groups is 1. The van der Waals surface area contributed by atoms with E-state index in [1.807, 2.05) is 4.90 Å². The number of amides is 2. The number of halogens is 1. The molecule has 0 aliphatic carbocycles. The summed E-state index contributed by atoms with van der Waals surface area (Å²) in [5, 5.41) is 3.36. The number of nitrogens with one attached hydrogen (secondary N) is 1. The molecule has 2 aliphatic rings. The lowest BCUT2D eigenvalue weighted by atomic mass is 10.2. The molecular weight excluding hydrogens is 461 g/mol. The highest BCUT2D eigenvalue weighted by atomic mass is 127. The summed E-state index contributed by atoms with van der Waals surface area (Å²) in [6.45, 7) is 6.55. The van der Waals surface area contributed by atoms with Gasteiger partial charge in [0, 0.05) is 53.4 Å². The molecule has 2 saturated heterocycles. The van der Waals surface area contributed by atoms with E-state index >= 15 is 0 Å². The van der Waals surface area contributed by atoms with E-state index in [1.165, 1.54) is 0 Å². The van der Waals surface area contributed by atoms with Gasteiger partial charge in [0.25, 0.3) is 5.91 Å².